The van der Waals surface area contributed by atoms with Gasteiger partial charge in [-0.15, -0.1) is 0 Å². The minimum Gasteiger partial charge on any atom is -0.507 e. The fraction of sp³-hybridized carbons (Fsp3) is 0.0909. The largest absolute Gasteiger partial charge is 0.507 e. The number of phenols is 1. The summed E-state index contributed by atoms with van der Waals surface area (Å²) in [5.41, 5.74) is 10.8. The number of anilines is 1. The Kier molecular flexibility index (Phi) is 6.64. The summed E-state index contributed by atoms with van der Waals surface area (Å²) in [6.07, 6.45) is 8.20. The number of rotatable bonds is 7. The number of nitrogens with two attached hydrogens (primary N) is 1. The van der Waals surface area contributed by atoms with Gasteiger partial charge in [-0.2, -0.15) is 10.2 Å². The Hall–Kier alpha value is -6.90. The van der Waals surface area contributed by atoms with Crippen molar-refractivity contribution in [3.63, 3.8) is 0 Å². The van der Waals surface area contributed by atoms with Gasteiger partial charge >= 0.3 is 5.69 Å². The number of amides is 1. The average Bonchev–Trinajstić information content (AvgIpc) is 3.92. The molecule has 2 aromatic carbocycles. The van der Waals surface area contributed by atoms with E-state index in [0.717, 1.165) is 16.8 Å². The van der Waals surface area contributed by atoms with Gasteiger partial charge in [-0.25, -0.2) is 34.1 Å². The van der Waals surface area contributed by atoms with Crippen LogP contribution in [0, 0.1) is 0 Å². The summed E-state index contributed by atoms with van der Waals surface area (Å²) in [5.74, 6) is 0.625. The molecule has 15 nitrogen and oxygen atoms in total. The molecule has 0 saturated carbocycles. The summed E-state index contributed by atoms with van der Waals surface area (Å²) in [7, 11) is 0. The molecule has 1 amide bonds. The Balaban J connectivity index is 1.27. The van der Waals surface area contributed by atoms with Crippen molar-refractivity contribution in [1.29, 1.82) is 0 Å². The van der Waals surface area contributed by atoms with Crippen LogP contribution in [0.3, 0.4) is 0 Å². The smallest absolute Gasteiger partial charge is 0.347 e. The van der Waals surface area contributed by atoms with Gasteiger partial charge in [-0.3, -0.25) is 14.2 Å². The summed E-state index contributed by atoms with van der Waals surface area (Å²) in [4.78, 5) is 51.5. The molecule has 8 rings (SSSR count). The Morgan fingerprint density at radius 3 is 2.75 bits per heavy atom. The van der Waals surface area contributed by atoms with Crippen LogP contribution < -0.4 is 16.7 Å². The number of carbonyl (C=O) groups is 2. The molecule has 0 radical (unpaired) electrons. The number of aryl methyl sites for hydroxylation is 1. The fourth-order valence-electron chi connectivity index (χ4n) is 6.10. The predicted molar refractivity (Wildman–Crippen MR) is 173 cm³/mol. The third-order valence-corrected chi connectivity index (χ3v) is 8.40. The van der Waals surface area contributed by atoms with Crippen LogP contribution >= 0.6 is 0 Å². The summed E-state index contributed by atoms with van der Waals surface area (Å²) < 4.78 is 4.81. The van der Waals surface area contributed by atoms with E-state index in [4.69, 9.17) is 15.7 Å². The Morgan fingerprint density at radius 1 is 1.08 bits per heavy atom. The van der Waals surface area contributed by atoms with Crippen molar-refractivity contribution in [2.45, 2.75) is 18.9 Å². The van der Waals surface area contributed by atoms with Gasteiger partial charge in [0.25, 0.3) is 5.91 Å². The number of pyridine rings is 2. The highest BCUT2D eigenvalue weighted by Crippen LogP contribution is 2.37. The molecule has 7 aromatic rings. The first-order chi connectivity index (χ1) is 23.4. The van der Waals surface area contributed by atoms with Crippen molar-refractivity contribution < 1.29 is 14.7 Å². The summed E-state index contributed by atoms with van der Waals surface area (Å²) in [6.45, 7) is 0. The molecule has 0 saturated heterocycles. The van der Waals surface area contributed by atoms with Gasteiger partial charge in [0.1, 0.15) is 23.4 Å². The lowest BCUT2D eigenvalue weighted by Gasteiger charge is -2.16. The molecule has 1 aliphatic carbocycles. The molecular weight excluding hydrogens is 614 g/mol. The van der Waals surface area contributed by atoms with Gasteiger partial charge < -0.3 is 16.2 Å². The Bertz CT molecular complexity index is 2440. The molecular formula is C33H25N11O4. The maximum Gasteiger partial charge on any atom is 0.347 e. The van der Waals surface area contributed by atoms with Crippen LogP contribution in [0.15, 0.2) is 90.4 Å². The van der Waals surface area contributed by atoms with E-state index in [-0.39, 0.29) is 34.6 Å². The summed E-state index contributed by atoms with van der Waals surface area (Å²) >= 11 is 0. The fourth-order valence-corrected chi connectivity index (χ4v) is 6.10. The van der Waals surface area contributed by atoms with Crippen LogP contribution in [-0.4, -0.2) is 61.4 Å². The number of benzene rings is 2. The zero-order valence-corrected chi connectivity index (χ0v) is 25.0. The molecule has 1 aliphatic rings. The number of nitrogens with zero attached hydrogens (tertiary/aromatic N) is 8. The highest BCUT2D eigenvalue weighted by molar-refractivity contribution is 5.97. The first-order valence-corrected chi connectivity index (χ1v) is 14.9. The number of imidazole rings is 1. The van der Waals surface area contributed by atoms with E-state index in [1.54, 1.807) is 41.5 Å². The van der Waals surface area contributed by atoms with Gasteiger partial charge in [-0.1, -0.05) is 6.07 Å². The molecule has 0 aliphatic heterocycles. The first-order valence-electron chi connectivity index (χ1n) is 14.9. The van der Waals surface area contributed by atoms with Crippen LogP contribution in [0.1, 0.15) is 44.3 Å². The number of aromatic amines is 1. The molecule has 5 N–H and O–H groups in total. The van der Waals surface area contributed by atoms with Crippen LogP contribution in [0.4, 0.5) is 5.82 Å². The van der Waals surface area contributed by atoms with E-state index >= 15 is 0 Å². The van der Waals surface area contributed by atoms with Gasteiger partial charge in [0.05, 0.1) is 22.9 Å². The minimum absolute atomic E-state index is 0.0434. The third kappa shape index (κ3) is 4.68. The van der Waals surface area contributed by atoms with Crippen molar-refractivity contribution >= 4 is 29.2 Å². The molecule has 0 spiro atoms. The molecule has 5 aromatic heterocycles. The van der Waals surface area contributed by atoms with Gasteiger partial charge in [0.2, 0.25) is 0 Å². The van der Waals surface area contributed by atoms with Gasteiger partial charge in [-0.05, 0) is 72.5 Å². The number of nitrogen functional groups attached to an aromatic ring is 1. The number of H-pyrrole nitrogens is 1. The predicted octanol–water partition coefficient (Wildman–Crippen LogP) is 3.06. The van der Waals surface area contributed by atoms with Crippen LogP contribution in [0.25, 0.3) is 39.7 Å². The number of hydrogen-bond acceptors (Lipinski definition) is 10. The average molecular weight is 640 g/mol. The van der Waals surface area contributed by atoms with E-state index in [1.165, 1.54) is 29.1 Å². The number of fused-ring (bicyclic) bond motifs is 2. The topological polar surface area (TPSA) is 205 Å². The van der Waals surface area contributed by atoms with E-state index in [1.807, 2.05) is 28.8 Å². The normalized spacial score (nSPS) is 13.9. The number of aromatic hydroxyl groups is 1. The maximum atomic E-state index is 13.1. The lowest BCUT2D eigenvalue weighted by atomic mass is 10.1. The van der Waals surface area contributed by atoms with Crippen LogP contribution in [0.2, 0.25) is 0 Å². The van der Waals surface area contributed by atoms with E-state index in [0.29, 0.717) is 53.2 Å². The molecule has 48 heavy (non-hydrogen) atoms. The Morgan fingerprint density at radius 2 is 1.98 bits per heavy atom. The van der Waals surface area contributed by atoms with Crippen molar-refractivity contribution in [3.05, 3.63) is 118 Å². The molecule has 15 heteroatoms. The van der Waals surface area contributed by atoms with Crippen molar-refractivity contribution in [2.24, 2.45) is 0 Å². The van der Waals surface area contributed by atoms with Crippen molar-refractivity contribution in [1.82, 2.24) is 49.4 Å². The highest BCUT2D eigenvalue weighted by atomic mass is 16.3. The molecule has 1 atom stereocenters. The number of hydrogen-bond donors (Lipinski definition) is 4. The third-order valence-electron chi connectivity index (χ3n) is 8.40. The SMILES string of the molecule is Nc1ncccc1-c1nc2c(-n3cn[nH]c3=O)cc(-n3cccn3)nc2n1-c1ccc2c(c1)CC[C@@H]2NC(=O)c1ccc(O)c(C=O)c1. The molecule has 5 heterocycles. The molecule has 0 bridgehead atoms. The number of aldehydes is 1. The van der Waals surface area contributed by atoms with Crippen LogP contribution in [-0.2, 0) is 6.42 Å². The number of phenolic OH excluding ortho intramolecular Hbond substituents is 1. The van der Waals surface area contributed by atoms with Gasteiger partial charge in [0.15, 0.2) is 23.6 Å². The van der Waals surface area contributed by atoms with Crippen LogP contribution in [0.5, 0.6) is 5.75 Å². The lowest BCUT2D eigenvalue weighted by Crippen LogP contribution is -2.27. The quantitative estimate of drug-likeness (QED) is 0.188. The molecule has 0 fully saturated rings. The number of carbonyl (C=O) groups excluding carboxylic acids is 2. The van der Waals surface area contributed by atoms with E-state index in [9.17, 15) is 19.5 Å². The Labute approximate surface area is 270 Å². The second-order valence-corrected chi connectivity index (χ2v) is 11.2. The highest BCUT2D eigenvalue weighted by Gasteiger charge is 2.28. The standard InChI is InChI=1S/C33H25N11O4/c34-29-23(3-1-10-35-29)30-40-28-25(42-17-36-41-33(42)48)15-27(43-12-2-11-37-43)39-31(28)44(30)21-6-7-22-18(14-21)4-8-24(22)38-32(47)19-5-9-26(46)20(13-19)16-45/h1-3,5-7,9-17,24,46H,4,8H2,(H2,34,35)(H,38,47)(H,41,48)/t24-/m0/s1. The number of aromatic nitrogens is 9. The first kappa shape index (κ1) is 28.6. The van der Waals surface area contributed by atoms with Crippen molar-refractivity contribution in [2.75, 3.05) is 5.73 Å². The van der Waals surface area contributed by atoms with Gasteiger partial charge in [0, 0.05) is 35.9 Å². The zero-order valence-electron chi connectivity index (χ0n) is 25.0. The maximum absolute atomic E-state index is 13.1. The molecule has 0 unspecified atom stereocenters. The number of nitrogens with one attached hydrogen (secondary N) is 2. The lowest BCUT2D eigenvalue weighted by molar-refractivity contribution is 0.0936. The van der Waals surface area contributed by atoms with E-state index in [2.05, 4.69) is 25.6 Å². The monoisotopic (exact) mass is 639 g/mol. The minimum atomic E-state index is -0.453. The molecule has 236 valence electrons. The summed E-state index contributed by atoms with van der Waals surface area (Å²) in [5, 5.41) is 23.6. The second-order valence-electron chi connectivity index (χ2n) is 11.2. The summed E-state index contributed by atoms with van der Waals surface area (Å²) in [6, 6.07) is 16.9. The zero-order chi connectivity index (χ0) is 32.9. The van der Waals surface area contributed by atoms with Crippen molar-refractivity contribution in [3.8, 4) is 34.3 Å². The van der Waals surface area contributed by atoms with E-state index < -0.39 is 5.69 Å². The second kappa shape index (κ2) is 11.2.